The lowest BCUT2D eigenvalue weighted by molar-refractivity contribution is -0.167. The van der Waals surface area contributed by atoms with E-state index in [1.807, 2.05) is 0 Å². The van der Waals surface area contributed by atoms with Gasteiger partial charge in [-0.05, 0) is 37.0 Å². The monoisotopic (exact) mass is 737 g/mol. The van der Waals surface area contributed by atoms with Gasteiger partial charge in [-0.2, -0.15) is 0 Å². The molecule has 0 unspecified atom stereocenters. The van der Waals surface area contributed by atoms with Crippen molar-refractivity contribution in [2.45, 2.75) is 247 Å². The van der Waals surface area contributed by atoms with E-state index in [0.29, 0.717) is 19.3 Å². The van der Waals surface area contributed by atoms with Crippen molar-refractivity contribution in [1.82, 2.24) is 0 Å². The van der Waals surface area contributed by atoms with E-state index < -0.39 is 6.10 Å². The van der Waals surface area contributed by atoms with Crippen LogP contribution in [0.5, 0.6) is 0 Å². The van der Waals surface area contributed by atoms with Gasteiger partial charge in [0.1, 0.15) is 13.2 Å². The molecule has 0 aromatic rings. The SMILES string of the molecule is CC(C)CCCCCCCCCCCCC(=O)OC[C@H](COC(=O)CCCCCCCCC(C)C)OC(=O)CCCCCCCCCCCC(C)C. The van der Waals surface area contributed by atoms with Crippen molar-refractivity contribution in [3.63, 3.8) is 0 Å². The number of esters is 3. The van der Waals surface area contributed by atoms with Crippen molar-refractivity contribution in [3.8, 4) is 0 Å². The van der Waals surface area contributed by atoms with Crippen molar-refractivity contribution >= 4 is 17.9 Å². The minimum Gasteiger partial charge on any atom is -0.462 e. The molecule has 0 aliphatic carbocycles. The van der Waals surface area contributed by atoms with Crippen LogP contribution in [0, 0.1) is 17.8 Å². The molecule has 0 fully saturated rings. The molecule has 0 spiro atoms. The van der Waals surface area contributed by atoms with Crippen LogP contribution in [0.3, 0.4) is 0 Å². The lowest BCUT2D eigenvalue weighted by atomic mass is 10.0. The molecule has 0 N–H and O–H groups in total. The molecule has 308 valence electrons. The van der Waals surface area contributed by atoms with Crippen LogP contribution in [-0.2, 0) is 28.6 Å². The fraction of sp³-hybridized carbons (Fsp3) is 0.935. The number of hydrogen-bond donors (Lipinski definition) is 0. The van der Waals surface area contributed by atoms with Gasteiger partial charge in [0.25, 0.3) is 0 Å². The third-order valence-corrected chi connectivity index (χ3v) is 10.1. The first kappa shape index (κ1) is 50.4. The van der Waals surface area contributed by atoms with Crippen molar-refractivity contribution < 1.29 is 28.6 Å². The standard InChI is InChI=1S/C46H88O6/c1-40(2)32-26-20-14-10-7-8-12-16-23-29-35-44(47)50-38-43(39-51-45(48)36-30-24-19-18-22-28-34-42(5)6)52-46(49)37-31-25-17-13-9-11-15-21-27-33-41(3)4/h40-43H,7-39H2,1-6H3/t43-/m1/s1. The van der Waals surface area contributed by atoms with Crippen LogP contribution in [0.1, 0.15) is 241 Å². The molecule has 0 heterocycles. The molecule has 0 radical (unpaired) electrons. The number of unbranched alkanes of at least 4 members (excludes halogenated alkanes) is 22. The largest absolute Gasteiger partial charge is 0.462 e. The van der Waals surface area contributed by atoms with E-state index in [0.717, 1.165) is 75.5 Å². The number of rotatable bonds is 39. The summed E-state index contributed by atoms with van der Waals surface area (Å²) in [4.78, 5) is 37.6. The molecule has 0 amide bonds. The predicted octanol–water partition coefficient (Wildman–Crippen LogP) is 14.0. The summed E-state index contributed by atoms with van der Waals surface area (Å²) in [7, 11) is 0. The molecule has 6 heteroatoms. The third-order valence-electron chi connectivity index (χ3n) is 10.1. The second kappa shape index (κ2) is 37.7. The molecule has 52 heavy (non-hydrogen) atoms. The Labute approximate surface area is 323 Å². The van der Waals surface area contributed by atoms with Crippen LogP contribution in [0.2, 0.25) is 0 Å². The molecule has 1 atom stereocenters. The van der Waals surface area contributed by atoms with Crippen molar-refractivity contribution in [2.75, 3.05) is 13.2 Å². The summed E-state index contributed by atoms with van der Waals surface area (Å²) < 4.78 is 16.7. The zero-order valence-corrected chi connectivity index (χ0v) is 35.6. The van der Waals surface area contributed by atoms with E-state index in [1.165, 1.54) is 122 Å². The second-order valence-corrected chi connectivity index (χ2v) is 17.1. The molecule has 6 nitrogen and oxygen atoms in total. The quantitative estimate of drug-likeness (QED) is 0.0355. The Kier molecular flexibility index (Phi) is 36.6. The summed E-state index contributed by atoms with van der Waals surface area (Å²) in [5.74, 6) is 1.52. The van der Waals surface area contributed by atoms with Gasteiger partial charge in [-0.15, -0.1) is 0 Å². The maximum atomic E-state index is 12.7. The molecule has 0 rings (SSSR count). The fourth-order valence-corrected chi connectivity index (χ4v) is 6.70. The van der Waals surface area contributed by atoms with Crippen LogP contribution in [0.4, 0.5) is 0 Å². The zero-order valence-electron chi connectivity index (χ0n) is 35.6. The maximum absolute atomic E-state index is 12.7. The Morgan fingerprint density at radius 1 is 0.327 bits per heavy atom. The number of ether oxygens (including phenoxy) is 3. The van der Waals surface area contributed by atoms with Crippen LogP contribution in [-0.4, -0.2) is 37.2 Å². The Bertz CT molecular complexity index is 807. The highest BCUT2D eigenvalue weighted by molar-refractivity contribution is 5.71. The van der Waals surface area contributed by atoms with E-state index in [9.17, 15) is 14.4 Å². The van der Waals surface area contributed by atoms with Crippen LogP contribution < -0.4 is 0 Å². The average molecular weight is 737 g/mol. The highest BCUT2D eigenvalue weighted by Gasteiger charge is 2.19. The normalized spacial score (nSPS) is 12.2. The summed E-state index contributed by atoms with van der Waals surface area (Å²) in [6.07, 6.45) is 33.9. The Morgan fingerprint density at radius 3 is 0.827 bits per heavy atom. The summed E-state index contributed by atoms with van der Waals surface area (Å²) in [5.41, 5.74) is 0. The van der Waals surface area contributed by atoms with Gasteiger partial charge >= 0.3 is 17.9 Å². The first-order valence-corrected chi connectivity index (χ1v) is 22.6. The Balaban J connectivity index is 4.33. The van der Waals surface area contributed by atoms with Gasteiger partial charge in [0.2, 0.25) is 0 Å². The van der Waals surface area contributed by atoms with Gasteiger partial charge in [0, 0.05) is 19.3 Å². The highest BCUT2D eigenvalue weighted by Crippen LogP contribution is 2.16. The molecular formula is C46H88O6. The number of carbonyl (C=O) groups excluding carboxylic acids is 3. The molecule has 0 saturated heterocycles. The van der Waals surface area contributed by atoms with Crippen LogP contribution in [0.15, 0.2) is 0 Å². The highest BCUT2D eigenvalue weighted by atomic mass is 16.6. The molecule has 0 aliphatic heterocycles. The summed E-state index contributed by atoms with van der Waals surface area (Å²) in [6, 6.07) is 0. The van der Waals surface area contributed by atoms with Gasteiger partial charge in [0.05, 0.1) is 0 Å². The molecule has 0 bridgehead atoms. The Morgan fingerprint density at radius 2 is 0.558 bits per heavy atom. The van der Waals surface area contributed by atoms with Crippen molar-refractivity contribution in [3.05, 3.63) is 0 Å². The van der Waals surface area contributed by atoms with Crippen LogP contribution >= 0.6 is 0 Å². The molecule has 0 aromatic carbocycles. The average Bonchev–Trinajstić information content (AvgIpc) is 3.09. The Hall–Kier alpha value is -1.59. The lowest BCUT2D eigenvalue weighted by Gasteiger charge is -2.18. The lowest BCUT2D eigenvalue weighted by Crippen LogP contribution is -2.30. The van der Waals surface area contributed by atoms with Gasteiger partial charge in [-0.1, -0.05) is 202 Å². The first-order valence-electron chi connectivity index (χ1n) is 22.6. The van der Waals surface area contributed by atoms with E-state index in [1.54, 1.807) is 0 Å². The summed E-state index contributed by atoms with van der Waals surface area (Å²) in [6.45, 7) is 13.6. The van der Waals surface area contributed by atoms with Gasteiger partial charge in [-0.3, -0.25) is 14.4 Å². The topological polar surface area (TPSA) is 78.9 Å². The third kappa shape index (κ3) is 39.6. The smallest absolute Gasteiger partial charge is 0.306 e. The summed E-state index contributed by atoms with van der Waals surface area (Å²) in [5, 5.41) is 0. The van der Waals surface area contributed by atoms with E-state index >= 15 is 0 Å². The molecule has 0 saturated carbocycles. The molecule has 0 aliphatic rings. The van der Waals surface area contributed by atoms with Crippen LogP contribution in [0.25, 0.3) is 0 Å². The van der Waals surface area contributed by atoms with Gasteiger partial charge in [-0.25, -0.2) is 0 Å². The van der Waals surface area contributed by atoms with E-state index in [2.05, 4.69) is 41.5 Å². The summed E-state index contributed by atoms with van der Waals surface area (Å²) >= 11 is 0. The maximum Gasteiger partial charge on any atom is 0.306 e. The second-order valence-electron chi connectivity index (χ2n) is 17.1. The predicted molar refractivity (Wildman–Crippen MR) is 219 cm³/mol. The van der Waals surface area contributed by atoms with E-state index in [-0.39, 0.29) is 31.1 Å². The molecular weight excluding hydrogens is 648 g/mol. The molecule has 0 aromatic heterocycles. The van der Waals surface area contributed by atoms with Crippen molar-refractivity contribution in [1.29, 1.82) is 0 Å². The van der Waals surface area contributed by atoms with Gasteiger partial charge < -0.3 is 14.2 Å². The minimum absolute atomic E-state index is 0.0669. The van der Waals surface area contributed by atoms with Crippen molar-refractivity contribution in [2.24, 2.45) is 17.8 Å². The minimum atomic E-state index is -0.762. The zero-order chi connectivity index (χ0) is 38.5. The van der Waals surface area contributed by atoms with Gasteiger partial charge in [0.15, 0.2) is 6.10 Å². The number of carbonyl (C=O) groups is 3. The fourth-order valence-electron chi connectivity index (χ4n) is 6.70. The number of hydrogen-bond acceptors (Lipinski definition) is 6. The first-order chi connectivity index (χ1) is 25.1. The van der Waals surface area contributed by atoms with E-state index in [4.69, 9.17) is 14.2 Å².